The van der Waals surface area contributed by atoms with Crippen molar-refractivity contribution >= 4 is 6.03 Å². The van der Waals surface area contributed by atoms with Gasteiger partial charge in [0.15, 0.2) is 0 Å². The van der Waals surface area contributed by atoms with Crippen LogP contribution < -0.4 is 10.5 Å². The number of ether oxygens (including phenoxy) is 1. The number of rotatable bonds is 7. The summed E-state index contributed by atoms with van der Waals surface area (Å²) in [5.41, 5.74) is 6.53. The summed E-state index contributed by atoms with van der Waals surface area (Å²) < 4.78 is 5.75. The summed E-state index contributed by atoms with van der Waals surface area (Å²) in [7, 11) is 0. The lowest BCUT2D eigenvalue weighted by Crippen LogP contribution is -2.50. The van der Waals surface area contributed by atoms with Crippen molar-refractivity contribution in [2.75, 3.05) is 52.4 Å². The third-order valence-corrected chi connectivity index (χ3v) is 5.37. The van der Waals surface area contributed by atoms with E-state index in [4.69, 9.17) is 10.5 Å². The molecule has 1 unspecified atom stereocenters. The Labute approximate surface area is 161 Å². The molecule has 150 valence electrons. The molecule has 2 amide bonds. The van der Waals surface area contributed by atoms with Crippen LogP contribution in [-0.4, -0.2) is 84.4 Å². The van der Waals surface area contributed by atoms with Gasteiger partial charge in [-0.2, -0.15) is 0 Å². The average Bonchev–Trinajstić information content (AvgIpc) is 2.69. The molecule has 2 aliphatic rings. The molecule has 3 N–H and O–H groups in total. The monoisotopic (exact) mass is 376 g/mol. The molecule has 0 radical (unpaired) electrons. The number of aliphatic hydroxyl groups excluding tert-OH is 1. The maximum Gasteiger partial charge on any atom is 0.314 e. The molecule has 2 fully saturated rings. The fourth-order valence-corrected chi connectivity index (χ4v) is 3.76. The van der Waals surface area contributed by atoms with Crippen LogP contribution in [0.1, 0.15) is 24.8 Å². The molecule has 0 spiro atoms. The predicted molar refractivity (Wildman–Crippen MR) is 105 cm³/mol. The summed E-state index contributed by atoms with van der Waals surface area (Å²) >= 11 is 0. The number of likely N-dealkylation sites (tertiary alicyclic amines) is 1. The van der Waals surface area contributed by atoms with Gasteiger partial charge in [-0.15, -0.1) is 0 Å². The first-order valence-electron chi connectivity index (χ1n) is 9.99. The second kappa shape index (κ2) is 9.92. The van der Waals surface area contributed by atoms with Gasteiger partial charge in [0.05, 0.1) is 0 Å². The molecule has 0 saturated carbocycles. The number of urea groups is 1. The molecule has 27 heavy (non-hydrogen) atoms. The van der Waals surface area contributed by atoms with Crippen molar-refractivity contribution in [3.63, 3.8) is 0 Å². The summed E-state index contributed by atoms with van der Waals surface area (Å²) in [5.74, 6) is 0.787. The second-order valence-corrected chi connectivity index (χ2v) is 7.57. The molecular formula is C20H32N4O3. The van der Waals surface area contributed by atoms with Crippen molar-refractivity contribution in [1.82, 2.24) is 14.7 Å². The number of benzene rings is 1. The Bertz CT molecular complexity index is 581. The molecule has 2 heterocycles. The zero-order chi connectivity index (χ0) is 19.1. The number of nitrogens with two attached hydrogens (primary N) is 1. The minimum atomic E-state index is -0.454. The van der Waals surface area contributed by atoms with Crippen LogP contribution in [-0.2, 0) is 6.54 Å². The largest absolute Gasteiger partial charge is 0.491 e. The Kier molecular flexibility index (Phi) is 7.32. The Morgan fingerprint density at radius 2 is 1.67 bits per heavy atom. The number of nitrogens with zero attached hydrogens (tertiary/aromatic N) is 3. The number of primary amides is 1. The van der Waals surface area contributed by atoms with Crippen LogP contribution in [0.2, 0.25) is 0 Å². The molecule has 0 aromatic heterocycles. The first-order chi connectivity index (χ1) is 13.1. The van der Waals surface area contributed by atoms with Crippen LogP contribution in [0.4, 0.5) is 4.79 Å². The van der Waals surface area contributed by atoms with Gasteiger partial charge in [0.1, 0.15) is 18.5 Å². The molecule has 1 atom stereocenters. The zero-order valence-corrected chi connectivity index (χ0v) is 16.1. The number of piperazine rings is 1. The van der Waals surface area contributed by atoms with Crippen molar-refractivity contribution in [3.05, 3.63) is 29.8 Å². The number of β-amino-alcohol motifs (C(OH)–C–C–N with tert-alkyl or cyclic N) is 1. The van der Waals surface area contributed by atoms with Gasteiger partial charge in [-0.3, -0.25) is 4.90 Å². The predicted octanol–water partition coefficient (Wildman–Crippen LogP) is 1.11. The number of piperidine rings is 1. The van der Waals surface area contributed by atoms with Gasteiger partial charge in [0.25, 0.3) is 0 Å². The van der Waals surface area contributed by atoms with Gasteiger partial charge in [0.2, 0.25) is 0 Å². The smallest absolute Gasteiger partial charge is 0.314 e. The summed E-state index contributed by atoms with van der Waals surface area (Å²) in [6.45, 7) is 7.08. The van der Waals surface area contributed by atoms with Crippen LogP contribution >= 0.6 is 0 Å². The fourth-order valence-electron chi connectivity index (χ4n) is 3.76. The van der Waals surface area contributed by atoms with Crippen molar-refractivity contribution in [1.29, 1.82) is 0 Å². The number of carbonyl (C=O) groups excluding carboxylic acids is 1. The van der Waals surface area contributed by atoms with Gasteiger partial charge < -0.3 is 25.4 Å². The third kappa shape index (κ3) is 6.37. The van der Waals surface area contributed by atoms with E-state index in [1.165, 1.54) is 24.8 Å². The lowest BCUT2D eigenvalue weighted by Gasteiger charge is -2.33. The van der Waals surface area contributed by atoms with E-state index in [2.05, 4.69) is 21.9 Å². The summed E-state index contributed by atoms with van der Waals surface area (Å²) in [6.07, 6.45) is 3.31. The molecule has 0 bridgehead atoms. The van der Waals surface area contributed by atoms with E-state index in [0.29, 0.717) is 26.2 Å². The van der Waals surface area contributed by atoms with E-state index in [0.717, 1.165) is 38.5 Å². The number of aliphatic hydroxyl groups is 1. The molecule has 1 aromatic rings. The summed E-state index contributed by atoms with van der Waals surface area (Å²) in [5, 5.41) is 10.2. The van der Waals surface area contributed by atoms with Crippen LogP contribution in [0.15, 0.2) is 24.3 Å². The third-order valence-electron chi connectivity index (χ3n) is 5.37. The fraction of sp³-hybridized carbons (Fsp3) is 0.650. The first kappa shape index (κ1) is 19.9. The molecule has 2 aliphatic heterocycles. The topological polar surface area (TPSA) is 82.3 Å². The standard InChI is InChI=1S/C20H32N4O3/c21-20(26)24-12-10-23(11-13-24)14-17-4-6-19(7-5-17)27-16-18(25)15-22-8-2-1-3-9-22/h4-7,18,25H,1-3,8-16H2,(H2,21,26). The molecule has 0 aliphatic carbocycles. The SMILES string of the molecule is NC(=O)N1CCN(Cc2ccc(OCC(O)CN3CCCCC3)cc2)CC1. The van der Waals surface area contributed by atoms with E-state index in [1.54, 1.807) is 4.90 Å². The van der Waals surface area contributed by atoms with E-state index in [1.807, 2.05) is 12.1 Å². The van der Waals surface area contributed by atoms with Crippen LogP contribution in [0.25, 0.3) is 0 Å². The lowest BCUT2D eigenvalue weighted by molar-refractivity contribution is 0.0617. The maximum absolute atomic E-state index is 11.2. The highest BCUT2D eigenvalue weighted by Gasteiger charge is 2.19. The van der Waals surface area contributed by atoms with Crippen LogP contribution in [0.3, 0.4) is 0 Å². The molecule has 1 aromatic carbocycles. The maximum atomic E-state index is 11.2. The Morgan fingerprint density at radius 1 is 1.00 bits per heavy atom. The van der Waals surface area contributed by atoms with Gasteiger partial charge in [-0.05, 0) is 43.6 Å². The number of carbonyl (C=O) groups is 1. The average molecular weight is 377 g/mol. The molecule has 7 nitrogen and oxygen atoms in total. The first-order valence-corrected chi connectivity index (χ1v) is 9.99. The number of hydrogen-bond acceptors (Lipinski definition) is 5. The Morgan fingerprint density at radius 3 is 2.30 bits per heavy atom. The highest BCUT2D eigenvalue weighted by Crippen LogP contribution is 2.15. The van der Waals surface area contributed by atoms with E-state index >= 15 is 0 Å². The van der Waals surface area contributed by atoms with Crippen molar-refractivity contribution in [2.45, 2.75) is 31.9 Å². The molecule has 7 heteroatoms. The summed E-state index contributed by atoms with van der Waals surface area (Å²) in [6, 6.07) is 7.71. The van der Waals surface area contributed by atoms with Crippen molar-refractivity contribution in [3.8, 4) is 5.75 Å². The summed E-state index contributed by atoms with van der Waals surface area (Å²) in [4.78, 5) is 17.5. The van der Waals surface area contributed by atoms with Crippen molar-refractivity contribution in [2.24, 2.45) is 5.73 Å². The van der Waals surface area contributed by atoms with Gasteiger partial charge in [0, 0.05) is 39.3 Å². The van der Waals surface area contributed by atoms with Gasteiger partial charge in [-0.25, -0.2) is 4.79 Å². The second-order valence-electron chi connectivity index (χ2n) is 7.57. The Hall–Kier alpha value is -1.83. The lowest BCUT2D eigenvalue weighted by atomic mass is 10.1. The van der Waals surface area contributed by atoms with E-state index in [9.17, 15) is 9.90 Å². The van der Waals surface area contributed by atoms with Crippen LogP contribution in [0.5, 0.6) is 5.75 Å². The Balaban J connectivity index is 1.37. The minimum absolute atomic E-state index is 0.324. The number of hydrogen-bond donors (Lipinski definition) is 2. The van der Waals surface area contributed by atoms with E-state index < -0.39 is 6.10 Å². The highest BCUT2D eigenvalue weighted by atomic mass is 16.5. The molecule has 2 saturated heterocycles. The zero-order valence-electron chi connectivity index (χ0n) is 16.1. The van der Waals surface area contributed by atoms with Gasteiger partial charge >= 0.3 is 6.03 Å². The molecule has 3 rings (SSSR count). The molecular weight excluding hydrogens is 344 g/mol. The normalized spacial score (nSPS) is 20.4. The van der Waals surface area contributed by atoms with E-state index in [-0.39, 0.29) is 6.03 Å². The highest BCUT2D eigenvalue weighted by molar-refractivity contribution is 5.72. The van der Waals surface area contributed by atoms with Gasteiger partial charge in [-0.1, -0.05) is 18.6 Å². The van der Waals surface area contributed by atoms with Crippen LogP contribution in [0, 0.1) is 0 Å². The minimum Gasteiger partial charge on any atom is -0.491 e. The number of amides is 2. The quantitative estimate of drug-likeness (QED) is 0.745. The van der Waals surface area contributed by atoms with Crippen molar-refractivity contribution < 1.29 is 14.6 Å².